The van der Waals surface area contributed by atoms with E-state index >= 15 is 0 Å². The molecule has 1 saturated heterocycles. The molecule has 1 N–H and O–H groups in total. The van der Waals surface area contributed by atoms with Gasteiger partial charge in [-0.15, -0.1) is 0 Å². The zero-order chi connectivity index (χ0) is 25.1. The molecule has 9 heteroatoms. The number of thioether (sulfide) groups is 1. The first kappa shape index (κ1) is 25.0. The predicted molar refractivity (Wildman–Crippen MR) is 143 cm³/mol. The lowest BCUT2D eigenvalue weighted by molar-refractivity contribution is -0.124. The van der Waals surface area contributed by atoms with Gasteiger partial charge in [0.1, 0.15) is 27.5 Å². The highest BCUT2D eigenvalue weighted by atomic mass is 32.2. The number of amides is 1. The number of anilines is 1. The van der Waals surface area contributed by atoms with Crippen molar-refractivity contribution in [2.45, 2.75) is 51.6 Å². The van der Waals surface area contributed by atoms with Crippen molar-refractivity contribution in [3.05, 3.63) is 61.8 Å². The van der Waals surface area contributed by atoms with Crippen molar-refractivity contribution < 1.29 is 9.53 Å². The molecule has 0 bridgehead atoms. The van der Waals surface area contributed by atoms with Crippen molar-refractivity contribution >= 4 is 46.1 Å². The summed E-state index contributed by atoms with van der Waals surface area (Å²) in [6.45, 7) is 2.19. The lowest BCUT2D eigenvalue weighted by Crippen LogP contribution is -2.39. The highest BCUT2D eigenvalue weighted by Gasteiger charge is 2.37. The Balaban J connectivity index is 1.71. The van der Waals surface area contributed by atoms with Crippen molar-refractivity contribution in [2.24, 2.45) is 7.05 Å². The van der Waals surface area contributed by atoms with Crippen molar-refractivity contribution in [3.8, 4) is 11.8 Å². The number of thiocarbonyl (C=S) groups is 1. The molecule has 4 rings (SSSR count). The van der Waals surface area contributed by atoms with Gasteiger partial charge in [-0.25, -0.2) is 0 Å². The third-order valence-corrected chi connectivity index (χ3v) is 7.99. The lowest BCUT2D eigenvalue weighted by Gasteiger charge is -2.29. The first-order valence-electron chi connectivity index (χ1n) is 11.6. The molecule has 1 amide bonds. The van der Waals surface area contributed by atoms with E-state index < -0.39 is 0 Å². The second-order valence-electron chi connectivity index (χ2n) is 8.78. The fourth-order valence-electron chi connectivity index (χ4n) is 4.64. The number of rotatable bonds is 6. The molecule has 2 fully saturated rings. The van der Waals surface area contributed by atoms with Crippen LogP contribution in [0.5, 0.6) is 5.75 Å². The summed E-state index contributed by atoms with van der Waals surface area (Å²) in [7, 11) is 3.25. The molecular weight excluding hydrogens is 480 g/mol. The molecule has 1 aliphatic carbocycles. The van der Waals surface area contributed by atoms with Crippen LogP contribution in [0.25, 0.3) is 6.08 Å². The zero-order valence-corrected chi connectivity index (χ0v) is 21.7. The molecule has 1 saturated carbocycles. The smallest absolute Gasteiger partial charge is 0.270 e. The molecule has 2 aromatic rings. The Labute approximate surface area is 214 Å². The van der Waals surface area contributed by atoms with E-state index in [1.807, 2.05) is 30.3 Å². The molecule has 0 unspecified atom stereocenters. The van der Waals surface area contributed by atoms with E-state index in [9.17, 15) is 14.9 Å². The molecule has 0 radical (unpaired) electrons. The summed E-state index contributed by atoms with van der Waals surface area (Å²) in [5.41, 5.74) is 1.86. The van der Waals surface area contributed by atoms with Crippen molar-refractivity contribution in [2.75, 3.05) is 12.4 Å². The first-order valence-corrected chi connectivity index (χ1v) is 12.9. The maximum atomic E-state index is 13.4. The van der Waals surface area contributed by atoms with Crippen LogP contribution in [0.1, 0.15) is 54.4 Å². The van der Waals surface area contributed by atoms with Gasteiger partial charge in [-0.1, -0.05) is 55.4 Å². The van der Waals surface area contributed by atoms with Gasteiger partial charge in [0.2, 0.25) is 0 Å². The van der Waals surface area contributed by atoms with Gasteiger partial charge >= 0.3 is 0 Å². The third-order valence-electron chi connectivity index (χ3n) is 6.66. The summed E-state index contributed by atoms with van der Waals surface area (Å²) in [6, 6.07) is 9.80. The van der Waals surface area contributed by atoms with E-state index in [0.717, 1.165) is 37.0 Å². The Morgan fingerprint density at radius 3 is 2.54 bits per heavy atom. The minimum Gasteiger partial charge on any atom is -0.497 e. The average molecular weight is 509 g/mol. The van der Waals surface area contributed by atoms with Gasteiger partial charge < -0.3 is 10.1 Å². The number of methoxy groups -OCH3 is 1. The number of benzene rings is 1. The van der Waals surface area contributed by atoms with Gasteiger partial charge in [-0.3, -0.25) is 19.1 Å². The molecular formula is C26H28N4O3S2. The number of nitriles is 1. The van der Waals surface area contributed by atoms with Crippen LogP contribution in [0, 0.1) is 18.3 Å². The van der Waals surface area contributed by atoms with Crippen LogP contribution in [0.3, 0.4) is 0 Å². The van der Waals surface area contributed by atoms with Gasteiger partial charge in [-0.2, -0.15) is 5.26 Å². The molecule has 7 nitrogen and oxygen atoms in total. The number of carbonyl (C=O) groups excluding carboxylic acids is 1. The number of ether oxygens (including phenoxy) is 1. The van der Waals surface area contributed by atoms with E-state index in [2.05, 4.69) is 5.32 Å². The summed E-state index contributed by atoms with van der Waals surface area (Å²) >= 11 is 6.87. The fraction of sp³-hybridized carbons (Fsp3) is 0.385. The predicted octanol–water partition coefficient (Wildman–Crippen LogP) is 4.72. The van der Waals surface area contributed by atoms with Crippen LogP contribution in [-0.2, 0) is 18.4 Å². The molecule has 1 aromatic heterocycles. The Morgan fingerprint density at radius 2 is 1.91 bits per heavy atom. The maximum Gasteiger partial charge on any atom is 0.270 e. The fourth-order valence-corrected chi connectivity index (χ4v) is 6.02. The number of pyridine rings is 1. The highest BCUT2D eigenvalue weighted by Crippen LogP contribution is 2.38. The van der Waals surface area contributed by atoms with Gasteiger partial charge in [-0.05, 0) is 49.1 Å². The van der Waals surface area contributed by atoms with E-state index in [0.29, 0.717) is 32.7 Å². The van der Waals surface area contributed by atoms with E-state index in [4.69, 9.17) is 17.0 Å². The van der Waals surface area contributed by atoms with Crippen molar-refractivity contribution in [1.82, 2.24) is 9.47 Å². The summed E-state index contributed by atoms with van der Waals surface area (Å²) in [5.74, 6) is 1.21. The van der Waals surface area contributed by atoms with Gasteiger partial charge in [0.15, 0.2) is 0 Å². The summed E-state index contributed by atoms with van der Waals surface area (Å²) in [6.07, 6.45) is 7.10. The number of hydrogen-bond acceptors (Lipinski definition) is 7. The molecule has 2 aliphatic rings. The normalized spacial score (nSPS) is 17.7. The molecule has 2 heterocycles. The van der Waals surface area contributed by atoms with E-state index in [1.54, 1.807) is 32.1 Å². The van der Waals surface area contributed by atoms with Crippen LogP contribution >= 0.6 is 24.0 Å². The second-order valence-corrected chi connectivity index (χ2v) is 10.5. The number of carbonyl (C=O) groups is 1. The van der Waals surface area contributed by atoms with Crippen LogP contribution < -0.4 is 15.6 Å². The standard InChI is InChI=1S/C26H28N4O3S2/c1-16-20(13-22-25(32)30(26(34)35-22)18-7-5-4-6-8-18)23(29(2)24(31)21(16)14-27)28-15-17-9-11-19(33-3)12-10-17/h9-13,18,28H,4-8,15H2,1-3H3/b22-13+. The van der Waals surface area contributed by atoms with Gasteiger partial charge in [0.25, 0.3) is 11.5 Å². The Morgan fingerprint density at radius 1 is 1.23 bits per heavy atom. The number of aromatic nitrogens is 1. The number of nitrogens with zero attached hydrogens (tertiary/aromatic N) is 3. The summed E-state index contributed by atoms with van der Waals surface area (Å²) in [4.78, 5) is 28.5. The monoisotopic (exact) mass is 508 g/mol. The molecule has 0 atom stereocenters. The maximum absolute atomic E-state index is 13.4. The average Bonchev–Trinajstić information content (AvgIpc) is 3.15. The topological polar surface area (TPSA) is 87.4 Å². The minimum atomic E-state index is -0.380. The largest absolute Gasteiger partial charge is 0.497 e. The zero-order valence-electron chi connectivity index (χ0n) is 20.1. The highest BCUT2D eigenvalue weighted by molar-refractivity contribution is 8.26. The van der Waals surface area contributed by atoms with Crippen molar-refractivity contribution in [1.29, 1.82) is 5.26 Å². The van der Waals surface area contributed by atoms with Crippen LogP contribution in [-0.4, -0.2) is 32.8 Å². The van der Waals surface area contributed by atoms with Crippen LogP contribution in [0.2, 0.25) is 0 Å². The van der Waals surface area contributed by atoms with Crippen LogP contribution in [0.15, 0.2) is 34.0 Å². The summed E-state index contributed by atoms with van der Waals surface area (Å²) < 4.78 is 7.23. The number of nitrogens with one attached hydrogen (secondary N) is 1. The second kappa shape index (κ2) is 10.7. The summed E-state index contributed by atoms with van der Waals surface area (Å²) in [5, 5.41) is 13.0. The third kappa shape index (κ3) is 5.00. The quantitative estimate of drug-likeness (QED) is 0.446. The van der Waals surface area contributed by atoms with Crippen molar-refractivity contribution in [3.63, 3.8) is 0 Å². The molecule has 1 aromatic carbocycles. The first-order chi connectivity index (χ1) is 16.8. The van der Waals surface area contributed by atoms with Crippen LogP contribution in [0.4, 0.5) is 5.82 Å². The number of hydrogen-bond donors (Lipinski definition) is 1. The lowest BCUT2D eigenvalue weighted by atomic mass is 9.94. The minimum absolute atomic E-state index is 0.0662. The van der Waals surface area contributed by atoms with Gasteiger partial charge in [0, 0.05) is 25.2 Å². The molecule has 182 valence electrons. The SMILES string of the molecule is COc1ccc(CNc2c(/C=C3/SC(=S)N(C4CCCCC4)C3=O)c(C)c(C#N)c(=O)n2C)cc1. The molecule has 1 aliphatic heterocycles. The Hall–Kier alpha value is -3.09. The molecule has 35 heavy (non-hydrogen) atoms. The molecule has 0 spiro atoms. The Bertz CT molecular complexity index is 1290. The van der Waals surface area contributed by atoms with E-state index in [-0.39, 0.29) is 23.1 Å². The Kier molecular flexibility index (Phi) is 7.63. The van der Waals surface area contributed by atoms with E-state index in [1.165, 1.54) is 22.7 Å². The van der Waals surface area contributed by atoms with Gasteiger partial charge in [0.05, 0.1) is 12.0 Å².